The smallest absolute Gasteiger partial charge is 0.252 e. The topological polar surface area (TPSA) is 86.4 Å². The van der Waals surface area contributed by atoms with Crippen molar-refractivity contribution in [1.29, 1.82) is 0 Å². The van der Waals surface area contributed by atoms with E-state index in [1.165, 1.54) is 18.2 Å². The van der Waals surface area contributed by atoms with E-state index in [1.54, 1.807) is 13.0 Å². The summed E-state index contributed by atoms with van der Waals surface area (Å²) >= 11 is 0. The summed E-state index contributed by atoms with van der Waals surface area (Å²) in [5.41, 5.74) is 1.13. The molecule has 1 saturated heterocycles. The van der Waals surface area contributed by atoms with Gasteiger partial charge in [-0.2, -0.15) is 0 Å². The number of aromatic amines is 1. The summed E-state index contributed by atoms with van der Waals surface area (Å²) in [4.78, 5) is 23.0. The second-order valence-corrected chi connectivity index (χ2v) is 9.53. The van der Waals surface area contributed by atoms with Crippen LogP contribution in [0.25, 0.3) is 0 Å². The van der Waals surface area contributed by atoms with Crippen molar-refractivity contribution in [2.24, 2.45) is 5.92 Å². The molecule has 9 heteroatoms. The number of anilines is 2. The molecule has 0 aliphatic carbocycles. The van der Waals surface area contributed by atoms with Crippen LogP contribution < -0.4 is 15.4 Å². The third-order valence-electron chi connectivity index (χ3n) is 5.00. The van der Waals surface area contributed by atoms with Crippen molar-refractivity contribution in [3.63, 3.8) is 0 Å². The Hall–Kier alpha value is -2.42. The molecule has 0 spiro atoms. The molecule has 152 valence electrons. The van der Waals surface area contributed by atoms with E-state index in [0.717, 1.165) is 6.26 Å². The molecule has 7 nitrogen and oxygen atoms in total. The molecule has 1 N–H and O–H groups in total. The number of halogens is 1. The predicted molar refractivity (Wildman–Crippen MR) is 107 cm³/mol. The number of aryl methyl sites for hydroxylation is 1. The lowest BCUT2D eigenvalue weighted by molar-refractivity contribution is 0.412. The van der Waals surface area contributed by atoms with Crippen molar-refractivity contribution < 1.29 is 12.8 Å². The molecule has 0 radical (unpaired) electrons. The van der Waals surface area contributed by atoms with E-state index < -0.39 is 15.7 Å². The average molecular weight is 408 g/mol. The quantitative estimate of drug-likeness (QED) is 0.833. The van der Waals surface area contributed by atoms with Crippen LogP contribution in [0, 0.1) is 18.7 Å². The average Bonchev–Trinajstić information content (AvgIpc) is 2.59. The molecule has 2 heterocycles. The summed E-state index contributed by atoms with van der Waals surface area (Å²) in [6.07, 6.45) is 1.00. The highest BCUT2D eigenvalue weighted by Crippen LogP contribution is 2.28. The SMILES string of the molecule is Cc1cc(=O)[nH]c(N2CCN(c3ccc(F)c(S(C)(=O)=O)c3)C[C@H]2C(C)C)n1. The molecule has 28 heavy (non-hydrogen) atoms. The van der Waals surface area contributed by atoms with E-state index in [9.17, 15) is 17.6 Å². The molecule has 1 aromatic heterocycles. The summed E-state index contributed by atoms with van der Waals surface area (Å²) < 4.78 is 37.7. The van der Waals surface area contributed by atoms with E-state index in [1.807, 2.05) is 4.90 Å². The van der Waals surface area contributed by atoms with Crippen LogP contribution in [0.4, 0.5) is 16.0 Å². The number of H-pyrrole nitrogens is 1. The Kier molecular flexibility index (Phi) is 5.47. The summed E-state index contributed by atoms with van der Waals surface area (Å²) in [6, 6.07) is 5.69. The van der Waals surface area contributed by atoms with Gasteiger partial charge in [0.2, 0.25) is 5.95 Å². The minimum Gasteiger partial charge on any atom is -0.368 e. The first-order valence-electron chi connectivity index (χ1n) is 9.15. The summed E-state index contributed by atoms with van der Waals surface area (Å²) in [7, 11) is -3.65. The highest BCUT2D eigenvalue weighted by atomic mass is 32.2. The van der Waals surface area contributed by atoms with Gasteiger partial charge in [0.15, 0.2) is 9.84 Å². The number of nitrogens with zero attached hydrogens (tertiary/aromatic N) is 3. The van der Waals surface area contributed by atoms with Gasteiger partial charge in [-0.25, -0.2) is 17.8 Å². The second kappa shape index (κ2) is 7.54. The number of benzene rings is 1. The molecule has 1 aliphatic heterocycles. The molecule has 1 aromatic carbocycles. The summed E-state index contributed by atoms with van der Waals surface area (Å²) in [5, 5.41) is 0. The van der Waals surface area contributed by atoms with Crippen LogP contribution >= 0.6 is 0 Å². The number of rotatable bonds is 4. The van der Waals surface area contributed by atoms with Gasteiger partial charge in [-0.3, -0.25) is 9.78 Å². The van der Waals surface area contributed by atoms with Crippen molar-refractivity contribution in [1.82, 2.24) is 9.97 Å². The highest BCUT2D eigenvalue weighted by molar-refractivity contribution is 7.90. The fraction of sp³-hybridized carbons (Fsp3) is 0.474. The van der Waals surface area contributed by atoms with E-state index >= 15 is 0 Å². The van der Waals surface area contributed by atoms with Gasteiger partial charge in [0.05, 0.1) is 6.04 Å². The minimum absolute atomic E-state index is 0.0467. The van der Waals surface area contributed by atoms with Crippen LogP contribution in [-0.2, 0) is 9.84 Å². The zero-order valence-corrected chi connectivity index (χ0v) is 17.3. The van der Waals surface area contributed by atoms with Crippen LogP contribution in [0.2, 0.25) is 0 Å². The first-order chi connectivity index (χ1) is 13.1. The Labute approximate surface area is 164 Å². The van der Waals surface area contributed by atoms with Crippen LogP contribution in [-0.4, -0.2) is 50.3 Å². The van der Waals surface area contributed by atoms with Crippen molar-refractivity contribution in [3.8, 4) is 0 Å². The number of piperazine rings is 1. The van der Waals surface area contributed by atoms with Crippen molar-refractivity contribution in [3.05, 3.63) is 46.1 Å². The van der Waals surface area contributed by atoms with Gasteiger partial charge in [0.25, 0.3) is 5.56 Å². The molecule has 2 aromatic rings. The maximum Gasteiger partial charge on any atom is 0.252 e. The number of nitrogens with one attached hydrogen (secondary N) is 1. The Balaban J connectivity index is 1.92. The van der Waals surface area contributed by atoms with E-state index in [0.29, 0.717) is 37.0 Å². The van der Waals surface area contributed by atoms with Crippen LogP contribution in [0.5, 0.6) is 0 Å². The molecule has 3 rings (SSSR count). The van der Waals surface area contributed by atoms with E-state index in [-0.39, 0.29) is 22.4 Å². The first-order valence-corrected chi connectivity index (χ1v) is 11.0. The third kappa shape index (κ3) is 4.19. The van der Waals surface area contributed by atoms with Gasteiger partial charge in [-0.1, -0.05) is 13.8 Å². The lowest BCUT2D eigenvalue weighted by Gasteiger charge is -2.44. The Morgan fingerprint density at radius 3 is 2.57 bits per heavy atom. The van der Waals surface area contributed by atoms with Gasteiger partial charge < -0.3 is 9.80 Å². The number of sulfone groups is 1. The molecule has 1 atom stereocenters. The first kappa shape index (κ1) is 20.3. The zero-order valence-electron chi connectivity index (χ0n) is 16.4. The van der Waals surface area contributed by atoms with Crippen molar-refractivity contribution in [2.75, 3.05) is 35.7 Å². The number of aromatic nitrogens is 2. The molecule has 0 amide bonds. The summed E-state index contributed by atoms with van der Waals surface area (Å²) in [6.45, 7) is 7.74. The molecule has 1 aliphatic rings. The molecule has 0 bridgehead atoms. The third-order valence-corrected chi connectivity index (χ3v) is 6.11. The molecule has 0 unspecified atom stereocenters. The zero-order chi connectivity index (χ0) is 20.6. The Morgan fingerprint density at radius 1 is 1.25 bits per heavy atom. The van der Waals surface area contributed by atoms with Gasteiger partial charge in [-0.05, 0) is 31.0 Å². The maximum atomic E-state index is 13.9. The summed E-state index contributed by atoms with van der Waals surface area (Å²) in [5.74, 6) is 0.0505. The largest absolute Gasteiger partial charge is 0.368 e. The predicted octanol–water partition coefficient (Wildman–Crippen LogP) is 1.97. The monoisotopic (exact) mass is 408 g/mol. The lowest BCUT2D eigenvalue weighted by Crippen LogP contribution is -2.56. The number of hydrogen-bond donors (Lipinski definition) is 1. The fourth-order valence-corrected chi connectivity index (χ4v) is 4.31. The lowest BCUT2D eigenvalue weighted by atomic mass is 9.99. The minimum atomic E-state index is -3.65. The molecular weight excluding hydrogens is 383 g/mol. The van der Waals surface area contributed by atoms with Crippen molar-refractivity contribution >= 4 is 21.5 Å². The fourth-order valence-electron chi connectivity index (χ4n) is 3.55. The Morgan fingerprint density at radius 2 is 1.96 bits per heavy atom. The maximum absolute atomic E-state index is 13.9. The van der Waals surface area contributed by atoms with Crippen LogP contribution in [0.15, 0.2) is 34.0 Å². The highest BCUT2D eigenvalue weighted by Gasteiger charge is 2.31. The van der Waals surface area contributed by atoms with Gasteiger partial charge in [-0.15, -0.1) is 0 Å². The van der Waals surface area contributed by atoms with E-state index in [2.05, 4.69) is 28.7 Å². The second-order valence-electron chi connectivity index (χ2n) is 7.55. The molecule has 1 fully saturated rings. The van der Waals surface area contributed by atoms with Crippen molar-refractivity contribution in [2.45, 2.75) is 31.7 Å². The normalized spacial score (nSPS) is 18.0. The number of hydrogen-bond acceptors (Lipinski definition) is 6. The van der Waals surface area contributed by atoms with Gasteiger partial charge >= 0.3 is 0 Å². The van der Waals surface area contributed by atoms with Crippen LogP contribution in [0.1, 0.15) is 19.5 Å². The Bertz CT molecular complexity index is 1040. The molecular formula is C19H25FN4O3S. The van der Waals surface area contributed by atoms with Crippen LogP contribution in [0.3, 0.4) is 0 Å². The van der Waals surface area contributed by atoms with E-state index in [4.69, 9.17) is 0 Å². The molecule has 0 saturated carbocycles. The van der Waals surface area contributed by atoms with Gasteiger partial charge in [0.1, 0.15) is 10.7 Å². The van der Waals surface area contributed by atoms with Gasteiger partial charge in [0, 0.05) is 43.3 Å². The standard InChI is InChI=1S/C19H25FN4O3S/c1-12(2)16-11-23(14-5-6-15(20)17(10-14)28(4,26)27)7-8-24(16)19-21-13(3)9-18(25)22-19/h5-6,9-10,12,16H,7-8,11H2,1-4H3,(H,21,22,25)/t16-/m0/s1.